The van der Waals surface area contributed by atoms with Gasteiger partial charge in [0.2, 0.25) is 0 Å². The van der Waals surface area contributed by atoms with Gasteiger partial charge in [-0.3, -0.25) is 0 Å². The van der Waals surface area contributed by atoms with Crippen LogP contribution in [0.15, 0.2) is 48.0 Å². The molecule has 2 aromatic carbocycles. The molecular weight excluding hydrogens is 324 g/mol. The standard InChI is InChI=1S/C27H34/c1-4-9-20(3)21-10-5-6-11-22(16-15-21)27-25-13-8-7-12-23(25)24-17-14-19(2)18-26(24)27/h7-8,12-14,17-18,20-21H,4-6,9-11,15-16H2,1-3H3/b27-22+. The minimum absolute atomic E-state index is 0.879. The summed E-state index contributed by atoms with van der Waals surface area (Å²) >= 11 is 0. The van der Waals surface area contributed by atoms with Gasteiger partial charge in [-0.1, -0.05) is 93.1 Å². The third kappa shape index (κ3) is 3.64. The molecule has 0 bridgehead atoms. The van der Waals surface area contributed by atoms with Gasteiger partial charge in [-0.05, 0) is 72.3 Å². The maximum Gasteiger partial charge on any atom is -0.00968 e. The molecule has 0 aromatic heterocycles. The topological polar surface area (TPSA) is 0 Å². The third-order valence-electron chi connectivity index (χ3n) is 6.95. The van der Waals surface area contributed by atoms with Crippen molar-refractivity contribution in [1.29, 1.82) is 0 Å². The van der Waals surface area contributed by atoms with Crippen LogP contribution in [-0.4, -0.2) is 0 Å². The highest BCUT2D eigenvalue weighted by Crippen LogP contribution is 2.48. The van der Waals surface area contributed by atoms with Gasteiger partial charge in [0.25, 0.3) is 0 Å². The Morgan fingerprint density at radius 2 is 1.67 bits per heavy atom. The van der Waals surface area contributed by atoms with E-state index in [9.17, 15) is 0 Å². The summed E-state index contributed by atoms with van der Waals surface area (Å²) in [7, 11) is 0. The van der Waals surface area contributed by atoms with Crippen LogP contribution in [0.2, 0.25) is 0 Å². The van der Waals surface area contributed by atoms with E-state index in [1.807, 2.05) is 0 Å². The fourth-order valence-corrected chi connectivity index (χ4v) is 5.45. The highest BCUT2D eigenvalue weighted by atomic mass is 14.3. The van der Waals surface area contributed by atoms with Crippen LogP contribution >= 0.6 is 0 Å². The number of hydrogen-bond acceptors (Lipinski definition) is 0. The lowest BCUT2D eigenvalue weighted by molar-refractivity contribution is 0.281. The lowest BCUT2D eigenvalue weighted by Crippen LogP contribution is -2.14. The molecule has 0 heterocycles. The average molecular weight is 359 g/mol. The van der Waals surface area contributed by atoms with Crippen molar-refractivity contribution in [3.63, 3.8) is 0 Å². The average Bonchev–Trinajstić information content (AvgIpc) is 2.96. The van der Waals surface area contributed by atoms with E-state index < -0.39 is 0 Å². The van der Waals surface area contributed by atoms with E-state index in [4.69, 9.17) is 0 Å². The van der Waals surface area contributed by atoms with Crippen molar-refractivity contribution in [1.82, 2.24) is 0 Å². The molecule has 0 amide bonds. The molecule has 0 heteroatoms. The van der Waals surface area contributed by atoms with Gasteiger partial charge in [-0.25, -0.2) is 0 Å². The van der Waals surface area contributed by atoms with Crippen LogP contribution in [-0.2, 0) is 0 Å². The van der Waals surface area contributed by atoms with Gasteiger partial charge in [0, 0.05) is 0 Å². The van der Waals surface area contributed by atoms with Crippen molar-refractivity contribution in [3.05, 3.63) is 64.7 Å². The molecule has 0 spiro atoms. The van der Waals surface area contributed by atoms with Gasteiger partial charge in [-0.15, -0.1) is 0 Å². The molecule has 2 unspecified atom stereocenters. The normalized spacial score (nSPS) is 23.3. The van der Waals surface area contributed by atoms with E-state index in [-0.39, 0.29) is 0 Å². The molecule has 0 saturated heterocycles. The molecule has 2 aliphatic rings. The Kier molecular flexibility index (Phi) is 5.53. The fourth-order valence-electron chi connectivity index (χ4n) is 5.45. The maximum atomic E-state index is 2.49. The van der Waals surface area contributed by atoms with Crippen LogP contribution in [0.25, 0.3) is 16.7 Å². The molecule has 142 valence electrons. The Morgan fingerprint density at radius 3 is 2.48 bits per heavy atom. The monoisotopic (exact) mass is 358 g/mol. The first-order valence-electron chi connectivity index (χ1n) is 11.1. The summed E-state index contributed by atoms with van der Waals surface area (Å²) in [5.74, 6) is 1.79. The van der Waals surface area contributed by atoms with E-state index in [1.165, 1.54) is 79.2 Å². The van der Waals surface area contributed by atoms with Gasteiger partial charge in [0.1, 0.15) is 0 Å². The van der Waals surface area contributed by atoms with Gasteiger partial charge < -0.3 is 0 Å². The number of rotatable bonds is 3. The highest BCUT2D eigenvalue weighted by Gasteiger charge is 2.27. The quantitative estimate of drug-likeness (QED) is 0.443. The van der Waals surface area contributed by atoms with E-state index in [0.717, 1.165) is 11.8 Å². The fraction of sp³-hybridized carbons (Fsp3) is 0.481. The molecule has 1 saturated carbocycles. The zero-order valence-electron chi connectivity index (χ0n) is 17.4. The van der Waals surface area contributed by atoms with Crippen molar-refractivity contribution in [2.24, 2.45) is 11.8 Å². The summed E-state index contributed by atoms with van der Waals surface area (Å²) in [5, 5.41) is 0. The largest absolute Gasteiger partial charge is 0.0654 e. The Hall–Kier alpha value is -1.82. The lowest BCUT2D eigenvalue weighted by atomic mass is 9.78. The molecule has 4 rings (SSSR count). The minimum atomic E-state index is 0.879. The molecule has 1 fully saturated rings. The van der Waals surface area contributed by atoms with Crippen LogP contribution in [0.5, 0.6) is 0 Å². The summed E-state index contributed by atoms with van der Waals surface area (Å²) < 4.78 is 0. The van der Waals surface area contributed by atoms with Crippen molar-refractivity contribution in [2.45, 2.75) is 72.1 Å². The molecular formula is C27H34. The predicted octanol–water partition coefficient (Wildman–Crippen LogP) is 8.18. The second-order valence-electron chi connectivity index (χ2n) is 8.88. The SMILES string of the molecule is CCCC(C)C1CCCC/C(=C2/c3ccccc3-c3ccc(C)cc32)CC1. The molecule has 0 radical (unpaired) electrons. The van der Waals surface area contributed by atoms with Crippen LogP contribution in [0.3, 0.4) is 0 Å². The zero-order chi connectivity index (χ0) is 18.8. The predicted molar refractivity (Wildman–Crippen MR) is 118 cm³/mol. The number of allylic oxidation sites excluding steroid dienone is 1. The summed E-state index contributed by atoms with van der Waals surface area (Å²) in [4.78, 5) is 0. The molecule has 2 aliphatic carbocycles. The Balaban J connectivity index is 1.74. The zero-order valence-corrected chi connectivity index (χ0v) is 17.4. The second kappa shape index (κ2) is 8.05. The summed E-state index contributed by atoms with van der Waals surface area (Å²) in [6.07, 6.45) is 10.9. The van der Waals surface area contributed by atoms with E-state index >= 15 is 0 Å². The molecule has 0 aliphatic heterocycles. The highest BCUT2D eigenvalue weighted by molar-refractivity contribution is 6.02. The van der Waals surface area contributed by atoms with Crippen LogP contribution < -0.4 is 0 Å². The number of fused-ring (bicyclic) bond motifs is 3. The third-order valence-corrected chi connectivity index (χ3v) is 6.95. The van der Waals surface area contributed by atoms with Crippen LogP contribution in [0, 0.1) is 18.8 Å². The van der Waals surface area contributed by atoms with Gasteiger partial charge in [-0.2, -0.15) is 0 Å². The maximum absolute atomic E-state index is 2.49. The van der Waals surface area contributed by atoms with E-state index in [2.05, 4.69) is 63.2 Å². The van der Waals surface area contributed by atoms with Crippen molar-refractivity contribution >= 4 is 5.57 Å². The van der Waals surface area contributed by atoms with Gasteiger partial charge in [0.05, 0.1) is 0 Å². The molecule has 0 nitrogen and oxygen atoms in total. The second-order valence-corrected chi connectivity index (χ2v) is 8.88. The summed E-state index contributed by atoms with van der Waals surface area (Å²) in [6, 6.07) is 16.1. The summed E-state index contributed by atoms with van der Waals surface area (Å²) in [6.45, 7) is 7.06. The van der Waals surface area contributed by atoms with Gasteiger partial charge in [0.15, 0.2) is 0 Å². The first kappa shape index (κ1) is 18.5. The van der Waals surface area contributed by atoms with E-state index in [1.54, 1.807) is 11.1 Å². The van der Waals surface area contributed by atoms with Crippen LogP contribution in [0.4, 0.5) is 0 Å². The summed E-state index contributed by atoms with van der Waals surface area (Å²) in [5.41, 5.74) is 10.5. The number of hydrogen-bond donors (Lipinski definition) is 0. The van der Waals surface area contributed by atoms with Crippen molar-refractivity contribution < 1.29 is 0 Å². The molecule has 2 aromatic rings. The Bertz CT molecular complexity index is 839. The van der Waals surface area contributed by atoms with Crippen molar-refractivity contribution in [3.8, 4) is 11.1 Å². The van der Waals surface area contributed by atoms with E-state index in [0.29, 0.717) is 0 Å². The van der Waals surface area contributed by atoms with Gasteiger partial charge >= 0.3 is 0 Å². The van der Waals surface area contributed by atoms with Crippen molar-refractivity contribution in [2.75, 3.05) is 0 Å². The molecule has 0 N–H and O–H groups in total. The lowest BCUT2D eigenvalue weighted by Gasteiger charge is -2.27. The number of aryl methyl sites for hydroxylation is 1. The molecule has 2 atom stereocenters. The minimum Gasteiger partial charge on any atom is -0.0654 e. The number of benzene rings is 2. The molecule has 27 heavy (non-hydrogen) atoms. The Morgan fingerprint density at radius 1 is 0.889 bits per heavy atom. The first-order chi connectivity index (χ1) is 13.2. The Labute approximate surface area is 165 Å². The van der Waals surface area contributed by atoms with Crippen LogP contribution in [0.1, 0.15) is 81.9 Å². The first-order valence-corrected chi connectivity index (χ1v) is 11.1. The smallest absolute Gasteiger partial charge is 0.00968 e.